The van der Waals surface area contributed by atoms with Gasteiger partial charge in [-0.25, -0.2) is 4.79 Å². The molecule has 1 aliphatic heterocycles. The van der Waals surface area contributed by atoms with E-state index in [4.69, 9.17) is 9.84 Å². The van der Waals surface area contributed by atoms with Crippen molar-refractivity contribution < 1.29 is 19.4 Å². The zero-order valence-corrected chi connectivity index (χ0v) is 13.8. The van der Waals surface area contributed by atoms with Crippen LogP contribution in [0.1, 0.15) is 31.1 Å². The van der Waals surface area contributed by atoms with Gasteiger partial charge in [0.15, 0.2) is 5.78 Å². The van der Waals surface area contributed by atoms with Gasteiger partial charge in [0, 0.05) is 24.3 Å². The predicted octanol–water partition coefficient (Wildman–Crippen LogP) is 2.39. The largest absolute Gasteiger partial charge is 0.465 e. The fourth-order valence-corrected chi connectivity index (χ4v) is 2.62. The molecule has 1 fully saturated rings. The predicted molar refractivity (Wildman–Crippen MR) is 88.2 cm³/mol. The maximum Gasteiger partial charge on any atom is 0.405 e. The van der Waals surface area contributed by atoms with E-state index in [-0.39, 0.29) is 5.78 Å². The van der Waals surface area contributed by atoms with Crippen LogP contribution in [0.5, 0.6) is 0 Å². The molecule has 2 N–H and O–H groups in total. The van der Waals surface area contributed by atoms with Crippen molar-refractivity contribution in [3.8, 4) is 0 Å². The van der Waals surface area contributed by atoms with E-state index < -0.39 is 17.6 Å². The van der Waals surface area contributed by atoms with Crippen LogP contribution in [0.15, 0.2) is 24.3 Å². The van der Waals surface area contributed by atoms with E-state index in [1.54, 1.807) is 12.1 Å². The Balaban J connectivity index is 2.16. The summed E-state index contributed by atoms with van der Waals surface area (Å²) in [5.41, 5.74) is 1.05. The minimum absolute atomic E-state index is 0.214. The zero-order chi connectivity index (χ0) is 17.0. The number of ether oxygens (including phenoxy) is 1. The summed E-state index contributed by atoms with van der Waals surface area (Å²) in [7, 11) is 0. The molecule has 1 aliphatic rings. The first-order valence-corrected chi connectivity index (χ1v) is 7.75. The van der Waals surface area contributed by atoms with Crippen LogP contribution in [0.25, 0.3) is 0 Å². The monoisotopic (exact) mass is 320 g/mol. The SMILES string of the molecule is CC(C)(C)[C@H](NC(=O)O)C(=O)c1ccc(N2CCOCC2)cc1. The van der Waals surface area contributed by atoms with Crippen LogP contribution in [0.3, 0.4) is 0 Å². The normalized spacial score (nSPS) is 16.7. The van der Waals surface area contributed by atoms with Gasteiger partial charge < -0.3 is 20.1 Å². The molecule has 1 aromatic carbocycles. The van der Waals surface area contributed by atoms with Crippen molar-refractivity contribution in [3.63, 3.8) is 0 Å². The number of nitrogens with zero attached hydrogens (tertiary/aromatic N) is 1. The van der Waals surface area contributed by atoms with Crippen LogP contribution in [0, 0.1) is 5.41 Å². The van der Waals surface area contributed by atoms with E-state index in [1.165, 1.54) is 0 Å². The Morgan fingerprint density at radius 1 is 1.17 bits per heavy atom. The highest BCUT2D eigenvalue weighted by atomic mass is 16.5. The van der Waals surface area contributed by atoms with Crippen molar-refractivity contribution in [2.45, 2.75) is 26.8 Å². The lowest BCUT2D eigenvalue weighted by molar-refractivity contribution is 0.0857. The number of ketones is 1. The lowest BCUT2D eigenvalue weighted by Crippen LogP contribution is -2.48. The van der Waals surface area contributed by atoms with Gasteiger partial charge in [-0.05, 0) is 29.7 Å². The smallest absolute Gasteiger partial charge is 0.405 e. The maximum absolute atomic E-state index is 12.7. The quantitative estimate of drug-likeness (QED) is 0.833. The molecule has 0 unspecified atom stereocenters. The van der Waals surface area contributed by atoms with Gasteiger partial charge in [-0.3, -0.25) is 4.79 Å². The van der Waals surface area contributed by atoms with Gasteiger partial charge in [-0.2, -0.15) is 0 Å². The van der Waals surface area contributed by atoms with E-state index in [9.17, 15) is 9.59 Å². The summed E-state index contributed by atoms with van der Waals surface area (Å²) < 4.78 is 5.33. The maximum atomic E-state index is 12.7. The van der Waals surface area contributed by atoms with Crippen LogP contribution in [-0.2, 0) is 4.74 Å². The summed E-state index contributed by atoms with van der Waals surface area (Å²) in [5.74, 6) is -0.214. The van der Waals surface area contributed by atoms with Crippen molar-refractivity contribution >= 4 is 17.6 Å². The number of hydrogen-bond acceptors (Lipinski definition) is 4. The lowest BCUT2D eigenvalue weighted by atomic mass is 9.82. The second kappa shape index (κ2) is 7.00. The van der Waals surface area contributed by atoms with Crippen LogP contribution in [-0.4, -0.2) is 49.3 Å². The number of anilines is 1. The third kappa shape index (κ3) is 4.45. The molecule has 1 aromatic rings. The topological polar surface area (TPSA) is 78.9 Å². The fourth-order valence-electron chi connectivity index (χ4n) is 2.62. The highest BCUT2D eigenvalue weighted by Crippen LogP contribution is 2.24. The van der Waals surface area contributed by atoms with Gasteiger partial charge in [0.1, 0.15) is 6.04 Å². The standard InChI is InChI=1S/C17H24N2O4/c1-17(2,3)15(18-16(21)22)14(20)12-4-6-13(7-5-12)19-8-10-23-11-9-19/h4-7,15,18H,8-11H2,1-3H3,(H,21,22)/t15-/m1/s1. The molecule has 1 atom stereocenters. The molecule has 0 spiro atoms. The Bertz CT molecular complexity index is 557. The number of hydrogen-bond donors (Lipinski definition) is 2. The summed E-state index contributed by atoms with van der Waals surface area (Å²) in [6.45, 7) is 8.59. The number of amides is 1. The van der Waals surface area contributed by atoms with Crippen molar-refractivity contribution in [2.75, 3.05) is 31.2 Å². The number of Topliss-reactive ketones (excluding diaryl/α,β-unsaturated/α-hetero) is 1. The zero-order valence-electron chi connectivity index (χ0n) is 13.8. The van der Waals surface area contributed by atoms with Crippen molar-refractivity contribution in [1.82, 2.24) is 5.32 Å². The number of carbonyl (C=O) groups excluding carboxylic acids is 1. The van der Waals surface area contributed by atoms with Gasteiger partial charge >= 0.3 is 6.09 Å². The first-order valence-electron chi connectivity index (χ1n) is 7.75. The molecule has 1 amide bonds. The molecule has 0 aromatic heterocycles. The molecule has 0 radical (unpaired) electrons. The van der Waals surface area contributed by atoms with Gasteiger partial charge in [0.05, 0.1) is 13.2 Å². The van der Waals surface area contributed by atoms with Crippen LogP contribution < -0.4 is 10.2 Å². The summed E-state index contributed by atoms with van der Waals surface area (Å²) in [5, 5.41) is 11.3. The molecule has 0 bridgehead atoms. The van der Waals surface area contributed by atoms with Gasteiger partial charge in [0.2, 0.25) is 0 Å². The first kappa shape index (κ1) is 17.3. The molecule has 1 saturated heterocycles. The molecule has 0 saturated carbocycles. The number of carbonyl (C=O) groups is 2. The number of morpholine rings is 1. The number of nitrogens with one attached hydrogen (secondary N) is 1. The molecule has 2 rings (SSSR count). The van der Waals surface area contributed by atoms with E-state index in [0.29, 0.717) is 18.8 Å². The second-order valence-corrected chi connectivity index (χ2v) is 6.76. The van der Waals surface area contributed by atoms with E-state index in [1.807, 2.05) is 32.9 Å². The average Bonchev–Trinajstić information content (AvgIpc) is 2.52. The van der Waals surface area contributed by atoms with E-state index in [2.05, 4.69) is 10.2 Å². The summed E-state index contributed by atoms with van der Waals surface area (Å²) in [6.07, 6.45) is -1.19. The molecule has 6 nitrogen and oxygen atoms in total. The molecule has 23 heavy (non-hydrogen) atoms. The van der Waals surface area contributed by atoms with Crippen LogP contribution in [0.2, 0.25) is 0 Å². The van der Waals surface area contributed by atoms with Crippen molar-refractivity contribution in [2.24, 2.45) is 5.41 Å². The molecular weight excluding hydrogens is 296 g/mol. The molecule has 1 heterocycles. The summed E-state index contributed by atoms with van der Waals surface area (Å²) >= 11 is 0. The first-order chi connectivity index (χ1) is 10.8. The number of rotatable bonds is 4. The van der Waals surface area contributed by atoms with Crippen molar-refractivity contribution in [1.29, 1.82) is 0 Å². The highest BCUT2D eigenvalue weighted by molar-refractivity contribution is 6.02. The molecule has 0 aliphatic carbocycles. The number of benzene rings is 1. The Hall–Kier alpha value is -2.08. The van der Waals surface area contributed by atoms with Gasteiger partial charge in [0.25, 0.3) is 0 Å². The minimum atomic E-state index is -1.19. The van der Waals surface area contributed by atoms with Gasteiger partial charge in [-0.1, -0.05) is 20.8 Å². The third-order valence-corrected chi connectivity index (χ3v) is 3.92. The van der Waals surface area contributed by atoms with Crippen LogP contribution >= 0.6 is 0 Å². The Morgan fingerprint density at radius 2 is 1.74 bits per heavy atom. The van der Waals surface area contributed by atoms with E-state index >= 15 is 0 Å². The van der Waals surface area contributed by atoms with Crippen molar-refractivity contribution in [3.05, 3.63) is 29.8 Å². The summed E-state index contributed by atoms with van der Waals surface area (Å²) in [6, 6.07) is 6.54. The number of carboxylic acid groups (broad SMARTS) is 1. The highest BCUT2D eigenvalue weighted by Gasteiger charge is 2.33. The van der Waals surface area contributed by atoms with Gasteiger partial charge in [-0.15, -0.1) is 0 Å². The Kier molecular flexibility index (Phi) is 5.26. The second-order valence-electron chi connectivity index (χ2n) is 6.76. The fraction of sp³-hybridized carbons (Fsp3) is 0.529. The minimum Gasteiger partial charge on any atom is -0.465 e. The van der Waals surface area contributed by atoms with Crippen LogP contribution in [0.4, 0.5) is 10.5 Å². The molecular formula is C17H24N2O4. The molecule has 6 heteroatoms. The average molecular weight is 320 g/mol. The van der Waals surface area contributed by atoms with E-state index in [0.717, 1.165) is 18.8 Å². The lowest BCUT2D eigenvalue weighted by Gasteiger charge is -2.30. The molecule has 126 valence electrons. The third-order valence-electron chi connectivity index (χ3n) is 3.92. The Morgan fingerprint density at radius 3 is 2.22 bits per heavy atom. The Labute approximate surface area is 136 Å². The summed E-state index contributed by atoms with van der Waals surface area (Å²) in [4.78, 5) is 25.8.